The van der Waals surface area contributed by atoms with Crippen LogP contribution >= 0.6 is 0 Å². The number of benzene rings is 1. The summed E-state index contributed by atoms with van der Waals surface area (Å²) in [6.07, 6.45) is 1.39. The molecule has 5 nitrogen and oxygen atoms in total. The van der Waals surface area contributed by atoms with Crippen LogP contribution in [-0.4, -0.2) is 24.8 Å². The van der Waals surface area contributed by atoms with E-state index in [1.54, 1.807) is 0 Å². The number of hydrogen-bond acceptors (Lipinski definition) is 5. The molecule has 1 rings (SSSR count). The van der Waals surface area contributed by atoms with Gasteiger partial charge in [-0.1, -0.05) is 19.1 Å². The smallest absolute Gasteiger partial charge is 0.309 e. The summed E-state index contributed by atoms with van der Waals surface area (Å²) in [7, 11) is 0. The van der Waals surface area contributed by atoms with Gasteiger partial charge in [-0.3, -0.25) is 4.79 Å². The molecular weight excluding hydrogens is 282 g/mol. The van der Waals surface area contributed by atoms with Crippen molar-refractivity contribution >= 4 is 5.97 Å². The Morgan fingerprint density at radius 2 is 1.82 bits per heavy atom. The molecule has 0 bridgehead atoms. The van der Waals surface area contributed by atoms with Gasteiger partial charge in [0, 0.05) is 6.42 Å². The van der Waals surface area contributed by atoms with Gasteiger partial charge in [0.2, 0.25) is 0 Å². The predicted octanol–water partition coefficient (Wildman–Crippen LogP) is 2.87. The zero-order valence-electron chi connectivity index (χ0n) is 13.9. The van der Waals surface area contributed by atoms with E-state index in [1.807, 2.05) is 52.0 Å². The molecule has 0 spiro atoms. The molecule has 0 aromatic heterocycles. The SMILES string of the molecule is C[C@@H](Cc1ccc(OCCCON)cc1)C(=O)OC(C)(C)C. The van der Waals surface area contributed by atoms with Gasteiger partial charge in [-0.15, -0.1) is 0 Å². The summed E-state index contributed by atoms with van der Waals surface area (Å²) in [5.74, 6) is 5.40. The zero-order chi connectivity index (χ0) is 16.6. The summed E-state index contributed by atoms with van der Waals surface area (Å²) < 4.78 is 10.9. The number of esters is 1. The van der Waals surface area contributed by atoms with E-state index < -0.39 is 5.60 Å². The number of nitrogens with two attached hydrogens (primary N) is 1. The molecule has 0 aliphatic rings. The second-order valence-electron chi connectivity index (χ2n) is 6.36. The summed E-state index contributed by atoms with van der Waals surface area (Å²) in [5.41, 5.74) is 0.631. The Kier molecular flexibility index (Phi) is 7.35. The minimum atomic E-state index is -0.448. The van der Waals surface area contributed by atoms with E-state index in [0.717, 1.165) is 17.7 Å². The van der Waals surface area contributed by atoms with Crippen LogP contribution in [0.25, 0.3) is 0 Å². The Morgan fingerprint density at radius 3 is 2.36 bits per heavy atom. The Balaban J connectivity index is 2.44. The molecule has 22 heavy (non-hydrogen) atoms. The fraction of sp³-hybridized carbons (Fsp3) is 0.588. The van der Waals surface area contributed by atoms with Gasteiger partial charge in [0.25, 0.3) is 0 Å². The highest BCUT2D eigenvalue weighted by atomic mass is 16.6. The second kappa shape index (κ2) is 8.76. The van der Waals surface area contributed by atoms with Crippen molar-refractivity contribution in [3.05, 3.63) is 29.8 Å². The maximum Gasteiger partial charge on any atom is 0.309 e. The van der Waals surface area contributed by atoms with Crippen LogP contribution in [0.15, 0.2) is 24.3 Å². The van der Waals surface area contributed by atoms with Gasteiger partial charge in [0.05, 0.1) is 19.1 Å². The molecule has 0 unspecified atom stereocenters. The van der Waals surface area contributed by atoms with Crippen molar-refractivity contribution in [2.45, 2.75) is 46.1 Å². The van der Waals surface area contributed by atoms with E-state index in [1.165, 1.54) is 0 Å². The number of rotatable bonds is 8. The Bertz CT molecular complexity index is 451. The first-order chi connectivity index (χ1) is 10.3. The molecule has 124 valence electrons. The van der Waals surface area contributed by atoms with E-state index in [9.17, 15) is 4.79 Å². The molecule has 0 aliphatic carbocycles. The van der Waals surface area contributed by atoms with Crippen molar-refractivity contribution in [2.75, 3.05) is 13.2 Å². The Labute approximate surface area is 132 Å². The van der Waals surface area contributed by atoms with Gasteiger partial charge in [-0.2, -0.15) is 0 Å². The van der Waals surface area contributed by atoms with Crippen LogP contribution in [0.5, 0.6) is 5.75 Å². The highest BCUT2D eigenvalue weighted by Crippen LogP contribution is 2.18. The van der Waals surface area contributed by atoms with Crippen molar-refractivity contribution in [1.29, 1.82) is 0 Å². The molecule has 1 atom stereocenters. The maximum atomic E-state index is 12.0. The van der Waals surface area contributed by atoms with Crippen LogP contribution in [0.4, 0.5) is 0 Å². The largest absolute Gasteiger partial charge is 0.494 e. The van der Waals surface area contributed by atoms with E-state index in [2.05, 4.69) is 4.84 Å². The molecule has 1 aromatic rings. The number of carbonyl (C=O) groups excluding carboxylic acids is 1. The van der Waals surface area contributed by atoms with Crippen molar-refractivity contribution < 1.29 is 19.1 Å². The third-order valence-electron chi connectivity index (χ3n) is 2.95. The number of carbonyl (C=O) groups is 1. The second-order valence-corrected chi connectivity index (χ2v) is 6.36. The predicted molar refractivity (Wildman–Crippen MR) is 85.4 cm³/mol. The lowest BCUT2D eigenvalue weighted by Crippen LogP contribution is -2.28. The van der Waals surface area contributed by atoms with E-state index in [4.69, 9.17) is 15.4 Å². The van der Waals surface area contributed by atoms with Crippen LogP contribution < -0.4 is 10.6 Å². The van der Waals surface area contributed by atoms with E-state index in [0.29, 0.717) is 19.6 Å². The molecule has 2 N–H and O–H groups in total. The highest BCUT2D eigenvalue weighted by Gasteiger charge is 2.21. The molecule has 0 saturated carbocycles. The third kappa shape index (κ3) is 7.43. The monoisotopic (exact) mass is 309 g/mol. The average Bonchev–Trinajstić information content (AvgIpc) is 2.43. The first-order valence-corrected chi connectivity index (χ1v) is 7.58. The quantitative estimate of drug-likeness (QED) is 0.454. The van der Waals surface area contributed by atoms with Gasteiger partial charge in [0.1, 0.15) is 11.4 Å². The van der Waals surface area contributed by atoms with Crippen molar-refractivity contribution in [2.24, 2.45) is 11.8 Å². The molecule has 0 amide bonds. The molecule has 0 aliphatic heterocycles. The fourth-order valence-electron chi connectivity index (χ4n) is 1.89. The van der Waals surface area contributed by atoms with Crippen LogP contribution in [0.2, 0.25) is 0 Å². The minimum Gasteiger partial charge on any atom is -0.494 e. The first-order valence-electron chi connectivity index (χ1n) is 7.58. The van der Waals surface area contributed by atoms with Gasteiger partial charge < -0.3 is 14.3 Å². The molecule has 5 heteroatoms. The Morgan fingerprint density at radius 1 is 1.18 bits per heavy atom. The van der Waals surface area contributed by atoms with Crippen LogP contribution in [0.3, 0.4) is 0 Å². The topological polar surface area (TPSA) is 70.8 Å². The van der Waals surface area contributed by atoms with Gasteiger partial charge in [0.15, 0.2) is 0 Å². The molecular formula is C17H27NO4. The average molecular weight is 309 g/mol. The number of ether oxygens (including phenoxy) is 2. The molecule has 0 fully saturated rings. The van der Waals surface area contributed by atoms with Crippen molar-refractivity contribution in [3.8, 4) is 5.75 Å². The van der Waals surface area contributed by atoms with Gasteiger partial charge in [-0.05, 0) is 44.9 Å². The fourth-order valence-corrected chi connectivity index (χ4v) is 1.89. The van der Waals surface area contributed by atoms with Crippen LogP contribution in [0, 0.1) is 5.92 Å². The van der Waals surface area contributed by atoms with Crippen molar-refractivity contribution in [1.82, 2.24) is 0 Å². The Hall–Kier alpha value is -1.59. The summed E-state index contributed by atoms with van der Waals surface area (Å²) >= 11 is 0. The van der Waals surface area contributed by atoms with E-state index in [-0.39, 0.29) is 11.9 Å². The molecule has 0 heterocycles. The van der Waals surface area contributed by atoms with Gasteiger partial charge >= 0.3 is 5.97 Å². The molecule has 0 saturated heterocycles. The molecule has 1 aromatic carbocycles. The normalized spacial score (nSPS) is 12.8. The van der Waals surface area contributed by atoms with Gasteiger partial charge in [-0.25, -0.2) is 5.90 Å². The summed E-state index contributed by atoms with van der Waals surface area (Å²) in [4.78, 5) is 16.4. The summed E-state index contributed by atoms with van der Waals surface area (Å²) in [5, 5.41) is 0. The number of hydrogen-bond donors (Lipinski definition) is 1. The lowest BCUT2D eigenvalue weighted by atomic mass is 10.0. The summed E-state index contributed by atoms with van der Waals surface area (Å²) in [6, 6.07) is 7.74. The van der Waals surface area contributed by atoms with Crippen molar-refractivity contribution in [3.63, 3.8) is 0 Å². The zero-order valence-corrected chi connectivity index (χ0v) is 13.9. The minimum absolute atomic E-state index is 0.172. The first kappa shape index (κ1) is 18.5. The van der Waals surface area contributed by atoms with Crippen LogP contribution in [-0.2, 0) is 20.8 Å². The summed E-state index contributed by atoms with van der Waals surface area (Å²) in [6.45, 7) is 8.54. The third-order valence-corrected chi connectivity index (χ3v) is 2.95. The maximum absolute atomic E-state index is 12.0. The standard InChI is InChI=1S/C17H27NO4/c1-13(16(19)22-17(2,3)4)12-14-6-8-15(9-7-14)20-10-5-11-21-18/h6-9,13H,5,10-12,18H2,1-4H3/t13-/m0/s1. The molecule has 0 radical (unpaired) electrons. The highest BCUT2D eigenvalue weighted by molar-refractivity contribution is 5.72. The van der Waals surface area contributed by atoms with Crippen LogP contribution in [0.1, 0.15) is 39.7 Å². The van der Waals surface area contributed by atoms with E-state index >= 15 is 0 Å². The lowest BCUT2D eigenvalue weighted by molar-refractivity contribution is -0.159. The lowest BCUT2D eigenvalue weighted by Gasteiger charge is -2.22.